The summed E-state index contributed by atoms with van der Waals surface area (Å²) in [6.45, 7) is 3.19. The van der Waals surface area contributed by atoms with Gasteiger partial charge in [0.2, 0.25) is 0 Å². The molecule has 1 aromatic rings. The highest BCUT2D eigenvalue weighted by Crippen LogP contribution is 2.04. The molecule has 0 aliphatic carbocycles. The van der Waals surface area contributed by atoms with Crippen LogP contribution in [0, 0.1) is 11.3 Å². The lowest BCUT2D eigenvalue weighted by atomic mass is 10.1. The third-order valence-electron chi connectivity index (χ3n) is 2.73. The van der Waals surface area contributed by atoms with E-state index in [-0.39, 0.29) is 6.61 Å². The van der Waals surface area contributed by atoms with Crippen LogP contribution in [0.1, 0.15) is 30.9 Å². The first-order valence-electron chi connectivity index (χ1n) is 6.27. The van der Waals surface area contributed by atoms with Gasteiger partial charge in [-0.25, -0.2) is 0 Å². The summed E-state index contributed by atoms with van der Waals surface area (Å²) in [6.07, 6.45) is 5.93. The van der Waals surface area contributed by atoms with Crippen LogP contribution in [0.3, 0.4) is 0 Å². The third kappa shape index (κ3) is 5.62. The Morgan fingerprint density at radius 3 is 2.72 bits per heavy atom. The van der Waals surface area contributed by atoms with E-state index in [0.717, 1.165) is 24.9 Å². The Bertz CT molecular complexity index is 403. The van der Waals surface area contributed by atoms with Gasteiger partial charge in [0.25, 0.3) is 0 Å². The van der Waals surface area contributed by atoms with Crippen LogP contribution in [0.5, 0.6) is 0 Å². The first kappa shape index (κ1) is 14.4. The van der Waals surface area contributed by atoms with Crippen molar-refractivity contribution >= 4 is 6.08 Å². The van der Waals surface area contributed by atoms with Gasteiger partial charge in [0.1, 0.15) is 0 Å². The predicted molar refractivity (Wildman–Crippen MR) is 74.0 cm³/mol. The van der Waals surface area contributed by atoms with Gasteiger partial charge in [0, 0.05) is 19.2 Å². The molecule has 3 heteroatoms. The molecule has 1 rings (SSSR count). The van der Waals surface area contributed by atoms with E-state index < -0.39 is 0 Å². The van der Waals surface area contributed by atoms with Crippen molar-refractivity contribution in [1.29, 1.82) is 5.26 Å². The lowest BCUT2D eigenvalue weighted by Gasteiger charge is -2.10. The van der Waals surface area contributed by atoms with Crippen LogP contribution in [0.2, 0.25) is 0 Å². The van der Waals surface area contributed by atoms with E-state index in [1.165, 1.54) is 0 Å². The Balaban J connectivity index is 2.29. The molecular weight excluding hydrogens is 224 g/mol. The molecule has 0 spiro atoms. The zero-order chi connectivity index (χ0) is 13.2. The number of benzene rings is 1. The largest absolute Gasteiger partial charge is 0.396 e. The Kier molecular flexibility index (Phi) is 6.78. The number of rotatable bonds is 7. The van der Waals surface area contributed by atoms with Crippen LogP contribution in [-0.2, 0) is 0 Å². The van der Waals surface area contributed by atoms with Gasteiger partial charge in [0.05, 0.1) is 11.6 Å². The zero-order valence-electron chi connectivity index (χ0n) is 10.8. The van der Waals surface area contributed by atoms with E-state index in [1.807, 2.05) is 30.3 Å². The number of nitrogens with zero attached hydrogens (tertiary/aromatic N) is 1. The summed E-state index contributed by atoms with van der Waals surface area (Å²) in [5.74, 6) is 0. The van der Waals surface area contributed by atoms with Gasteiger partial charge in [-0.05, 0) is 37.5 Å². The van der Waals surface area contributed by atoms with Crippen molar-refractivity contribution < 1.29 is 5.11 Å². The molecule has 96 valence electrons. The van der Waals surface area contributed by atoms with Crippen LogP contribution >= 0.6 is 0 Å². The highest BCUT2D eigenvalue weighted by molar-refractivity contribution is 5.51. The molecule has 0 fully saturated rings. The minimum Gasteiger partial charge on any atom is -0.396 e. The molecule has 0 heterocycles. The Labute approximate surface area is 109 Å². The molecule has 0 radical (unpaired) electrons. The maximum absolute atomic E-state index is 8.71. The van der Waals surface area contributed by atoms with Crippen molar-refractivity contribution in [3.63, 3.8) is 0 Å². The molecule has 0 bridgehead atoms. The second-order valence-corrected chi connectivity index (χ2v) is 4.31. The quantitative estimate of drug-likeness (QED) is 0.774. The van der Waals surface area contributed by atoms with Gasteiger partial charge >= 0.3 is 0 Å². The molecule has 1 unspecified atom stereocenters. The molecule has 0 aliphatic heterocycles. The lowest BCUT2D eigenvalue weighted by Crippen LogP contribution is -2.26. The number of hydrogen-bond donors (Lipinski definition) is 2. The zero-order valence-corrected chi connectivity index (χ0v) is 10.8. The molecule has 0 aliphatic rings. The number of nitrogens with one attached hydrogen (secondary N) is 1. The van der Waals surface area contributed by atoms with E-state index in [0.29, 0.717) is 11.6 Å². The summed E-state index contributed by atoms with van der Waals surface area (Å²) in [5, 5.41) is 20.8. The summed E-state index contributed by atoms with van der Waals surface area (Å²) in [7, 11) is 0. The second kappa shape index (κ2) is 8.46. The van der Waals surface area contributed by atoms with E-state index in [9.17, 15) is 0 Å². The minimum absolute atomic E-state index is 0.257. The van der Waals surface area contributed by atoms with Crippen molar-refractivity contribution in [2.75, 3.05) is 13.2 Å². The smallest absolute Gasteiger partial charge is 0.0991 e. The summed E-state index contributed by atoms with van der Waals surface area (Å²) in [5.41, 5.74) is 1.78. The van der Waals surface area contributed by atoms with Crippen molar-refractivity contribution in [2.24, 2.45) is 0 Å². The van der Waals surface area contributed by atoms with E-state index in [4.69, 9.17) is 10.4 Å². The van der Waals surface area contributed by atoms with Crippen LogP contribution in [0.4, 0.5) is 0 Å². The van der Waals surface area contributed by atoms with Gasteiger partial charge in [-0.15, -0.1) is 0 Å². The van der Waals surface area contributed by atoms with Gasteiger partial charge in [0.15, 0.2) is 0 Å². The molecule has 1 aromatic carbocycles. The average Bonchev–Trinajstić information content (AvgIpc) is 2.42. The Hall–Kier alpha value is -1.63. The monoisotopic (exact) mass is 244 g/mol. The van der Waals surface area contributed by atoms with Crippen molar-refractivity contribution in [3.8, 4) is 6.07 Å². The van der Waals surface area contributed by atoms with E-state index in [1.54, 1.807) is 0 Å². The SMILES string of the molecule is CC(CCCO)NC/C=C/c1ccc(C#N)cc1. The van der Waals surface area contributed by atoms with Gasteiger partial charge in [-0.2, -0.15) is 5.26 Å². The van der Waals surface area contributed by atoms with Gasteiger partial charge < -0.3 is 10.4 Å². The maximum Gasteiger partial charge on any atom is 0.0991 e. The summed E-state index contributed by atoms with van der Waals surface area (Å²) < 4.78 is 0. The molecule has 0 saturated heterocycles. The fourth-order valence-electron chi connectivity index (χ4n) is 1.63. The van der Waals surface area contributed by atoms with Crippen molar-refractivity contribution in [3.05, 3.63) is 41.5 Å². The highest BCUT2D eigenvalue weighted by atomic mass is 16.2. The topological polar surface area (TPSA) is 56.0 Å². The lowest BCUT2D eigenvalue weighted by molar-refractivity contribution is 0.277. The molecule has 18 heavy (non-hydrogen) atoms. The number of aliphatic hydroxyl groups is 1. The first-order chi connectivity index (χ1) is 8.76. The van der Waals surface area contributed by atoms with Crippen LogP contribution in [0.15, 0.2) is 30.3 Å². The molecule has 0 aromatic heterocycles. The summed E-state index contributed by atoms with van der Waals surface area (Å²) in [4.78, 5) is 0. The van der Waals surface area contributed by atoms with E-state index >= 15 is 0 Å². The molecule has 3 nitrogen and oxygen atoms in total. The minimum atomic E-state index is 0.257. The van der Waals surface area contributed by atoms with Crippen LogP contribution in [-0.4, -0.2) is 24.3 Å². The molecule has 0 saturated carbocycles. The number of hydrogen-bond acceptors (Lipinski definition) is 3. The highest BCUT2D eigenvalue weighted by Gasteiger charge is 1.97. The Morgan fingerprint density at radius 2 is 2.11 bits per heavy atom. The fourth-order valence-corrected chi connectivity index (χ4v) is 1.63. The predicted octanol–water partition coefficient (Wildman–Crippen LogP) is 2.32. The van der Waals surface area contributed by atoms with Crippen LogP contribution < -0.4 is 5.32 Å². The van der Waals surface area contributed by atoms with Crippen molar-refractivity contribution in [1.82, 2.24) is 5.32 Å². The average molecular weight is 244 g/mol. The van der Waals surface area contributed by atoms with E-state index in [2.05, 4.69) is 24.4 Å². The van der Waals surface area contributed by atoms with Gasteiger partial charge in [-0.3, -0.25) is 0 Å². The second-order valence-electron chi connectivity index (χ2n) is 4.31. The standard InChI is InChI=1S/C15H20N2O/c1-13(4-3-11-18)17-10-2-5-14-6-8-15(12-16)9-7-14/h2,5-9,13,17-18H,3-4,10-11H2,1H3/b5-2+. The van der Waals surface area contributed by atoms with Crippen molar-refractivity contribution in [2.45, 2.75) is 25.8 Å². The number of nitriles is 1. The maximum atomic E-state index is 8.71. The molecular formula is C15H20N2O. The summed E-state index contributed by atoms with van der Waals surface area (Å²) >= 11 is 0. The molecule has 0 amide bonds. The summed E-state index contributed by atoms with van der Waals surface area (Å²) in [6, 6.07) is 10.0. The molecule has 2 N–H and O–H groups in total. The first-order valence-corrected chi connectivity index (χ1v) is 6.27. The molecule has 1 atom stereocenters. The normalized spacial score (nSPS) is 12.5. The van der Waals surface area contributed by atoms with Gasteiger partial charge in [-0.1, -0.05) is 24.3 Å². The number of aliphatic hydroxyl groups excluding tert-OH is 1. The van der Waals surface area contributed by atoms with Crippen LogP contribution in [0.25, 0.3) is 6.08 Å². The Morgan fingerprint density at radius 1 is 1.39 bits per heavy atom. The fraction of sp³-hybridized carbons (Fsp3) is 0.400. The third-order valence-corrected chi connectivity index (χ3v) is 2.73.